The van der Waals surface area contributed by atoms with Gasteiger partial charge in [0.15, 0.2) is 0 Å². The van der Waals surface area contributed by atoms with Crippen molar-refractivity contribution in [3.05, 3.63) is 99.8 Å². The first-order valence-electron chi connectivity index (χ1n) is 14.8. The van der Waals surface area contributed by atoms with E-state index in [1.165, 1.54) is 6.42 Å². The van der Waals surface area contributed by atoms with E-state index in [1.54, 1.807) is 12.3 Å². The van der Waals surface area contributed by atoms with Crippen molar-refractivity contribution in [2.75, 3.05) is 19.6 Å². The molecule has 3 heterocycles. The van der Waals surface area contributed by atoms with Crippen molar-refractivity contribution in [3.8, 4) is 5.75 Å². The maximum atomic E-state index is 13.1. The summed E-state index contributed by atoms with van der Waals surface area (Å²) in [6, 6.07) is 17.2. The number of aromatic nitrogens is 1. The molecule has 0 bridgehead atoms. The first kappa shape index (κ1) is 28.0. The Balaban J connectivity index is 1.19. The van der Waals surface area contributed by atoms with Gasteiger partial charge in [0.05, 0.1) is 16.9 Å². The van der Waals surface area contributed by atoms with Gasteiger partial charge in [-0.3, -0.25) is 4.98 Å². The van der Waals surface area contributed by atoms with Crippen LogP contribution in [0.1, 0.15) is 84.1 Å². The van der Waals surface area contributed by atoms with E-state index in [1.807, 2.05) is 42.5 Å². The van der Waals surface area contributed by atoms with Gasteiger partial charge in [0.25, 0.3) is 0 Å². The summed E-state index contributed by atoms with van der Waals surface area (Å²) in [6.45, 7) is 2.88. The number of rotatable bonds is 6. The molecule has 0 atom stereocenters. The number of likely N-dealkylation sites (tertiary alicyclic amines) is 1. The van der Waals surface area contributed by atoms with Crippen LogP contribution in [0, 0.1) is 0 Å². The lowest BCUT2D eigenvalue weighted by molar-refractivity contribution is -0.0254. The average Bonchev–Trinajstić information content (AvgIpc) is 3.15. The van der Waals surface area contributed by atoms with Crippen LogP contribution in [-0.4, -0.2) is 46.7 Å². The number of nitrogens with zero attached hydrogens (tertiary/aromatic N) is 2. The zero-order chi connectivity index (χ0) is 28.2. The highest BCUT2D eigenvalue weighted by atomic mass is 35.5. The van der Waals surface area contributed by atoms with E-state index in [0.717, 1.165) is 85.4 Å². The molecule has 2 fully saturated rings. The van der Waals surface area contributed by atoms with E-state index < -0.39 is 5.60 Å². The fourth-order valence-electron chi connectivity index (χ4n) is 6.29. The number of pyridine rings is 1. The maximum Gasteiger partial charge on any atom is 0.338 e. The summed E-state index contributed by atoms with van der Waals surface area (Å²) < 4.78 is 12.0. The molecule has 0 unspecified atom stereocenters. The van der Waals surface area contributed by atoms with E-state index in [2.05, 4.69) is 22.0 Å². The van der Waals surface area contributed by atoms with Crippen LogP contribution in [0.4, 0.5) is 0 Å². The number of piperidine rings is 1. The first-order valence-corrected chi connectivity index (χ1v) is 15.2. The minimum atomic E-state index is -0.815. The van der Waals surface area contributed by atoms with E-state index in [-0.39, 0.29) is 12.1 Å². The summed E-state index contributed by atoms with van der Waals surface area (Å²) in [5.41, 5.74) is 4.50. The van der Waals surface area contributed by atoms with Gasteiger partial charge in [-0.2, -0.15) is 0 Å². The first-order chi connectivity index (χ1) is 20.0. The average molecular weight is 573 g/mol. The topological polar surface area (TPSA) is 71.9 Å². The molecular formula is C34H37ClN2O4. The Bertz CT molecular complexity index is 1410. The van der Waals surface area contributed by atoms with Crippen molar-refractivity contribution in [3.63, 3.8) is 0 Å². The summed E-state index contributed by atoms with van der Waals surface area (Å²) in [5.74, 6) is 0.477. The van der Waals surface area contributed by atoms with Crippen molar-refractivity contribution >= 4 is 23.1 Å². The molecule has 6 nitrogen and oxygen atoms in total. The number of carbonyl (C=O) groups excluding carboxylic acids is 1. The van der Waals surface area contributed by atoms with Gasteiger partial charge in [0, 0.05) is 42.0 Å². The molecule has 41 heavy (non-hydrogen) atoms. The molecule has 1 aliphatic carbocycles. The molecule has 2 aliphatic heterocycles. The number of hydrogen-bond acceptors (Lipinski definition) is 6. The number of carbonyl (C=O) groups is 1. The molecule has 6 rings (SSSR count). The Morgan fingerprint density at radius 1 is 1.07 bits per heavy atom. The molecule has 1 saturated carbocycles. The fraction of sp³-hybridized carbons (Fsp3) is 0.412. The highest BCUT2D eigenvalue weighted by molar-refractivity contribution is 6.30. The number of benzene rings is 2. The largest absolute Gasteiger partial charge is 0.487 e. The third kappa shape index (κ3) is 6.35. The van der Waals surface area contributed by atoms with Gasteiger partial charge in [-0.05, 0) is 92.5 Å². The van der Waals surface area contributed by atoms with E-state index in [0.29, 0.717) is 30.0 Å². The summed E-state index contributed by atoms with van der Waals surface area (Å²) in [4.78, 5) is 20.1. The molecule has 0 amide bonds. The zero-order valence-electron chi connectivity index (χ0n) is 23.4. The molecule has 7 heteroatoms. The SMILES string of the molecule is O=C(OC1CCCCC1)c1ccc2c(c1)/C(=C/CCN1CCC(O)(c3ccc(Cl)cc3)CC1)c1cccnc1CO2. The normalized spacial score (nSPS) is 20.0. The Labute approximate surface area is 247 Å². The molecule has 214 valence electrons. The Hall–Kier alpha value is -3.19. The Morgan fingerprint density at radius 2 is 1.85 bits per heavy atom. The third-order valence-corrected chi connectivity index (χ3v) is 8.99. The maximum absolute atomic E-state index is 13.1. The molecule has 3 aromatic rings. The van der Waals surface area contributed by atoms with Crippen LogP contribution >= 0.6 is 11.6 Å². The minimum absolute atomic E-state index is 0.00754. The molecule has 2 aromatic carbocycles. The minimum Gasteiger partial charge on any atom is -0.487 e. The van der Waals surface area contributed by atoms with Crippen LogP contribution in [0.15, 0.2) is 66.9 Å². The number of hydrogen-bond donors (Lipinski definition) is 1. The van der Waals surface area contributed by atoms with E-state index in [9.17, 15) is 9.90 Å². The van der Waals surface area contributed by atoms with Gasteiger partial charge in [-0.15, -0.1) is 0 Å². The van der Waals surface area contributed by atoms with Gasteiger partial charge < -0.3 is 19.5 Å². The van der Waals surface area contributed by atoms with Crippen molar-refractivity contribution in [1.29, 1.82) is 0 Å². The summed E-state index contributed by atoms with van der Waals surface area (Å²) in [5, 5.41) is 11.9. The second kappa shape index (κ2) is 12.4. The highest BCUT2D eigenvalue weighted by Crippen LogP contribution is 2.38. The van der Waals surface area contributed by atoms with Crippen LogP contribution in [0.25, 0.3) is 5.57 Å². The standard InChI is InChI=1S/C34H37ClN2O4/c35-26-13-11-25(12-14-26)34(39)16-20-37(21-17-34)19-5-9-28-29-8-4-18-36-31(29)23-40-32-15-10-24(22-30(28)32)33(38)41-27-6-2-1-3-7-27/h4,8-15,18,22,27,39H,1-3,5-7,16-17,19-21,23H2/b28-9+. The van der Waals surface area contributed by atoms with Gasteiger partial charge >= 0.3 is 5.97 Å². The Morgan fingerprint density at radius 3 is 2.63 bits per heavy atom. The Kier molecular flexibility index (Phi) is 8.42. The van der Waals surface area contributed by atoms with Crippen LogP contribution in [0.3, 0.4) is 0 Å². The monoisotopic (exact) mass is 572 g/mol. The van der Waals surface area contributed by atoms with E-state index in [4.69, 9.17) is 21.1 Å². The molecular weight excluding hydrogens is 536 g/mol. The summed E-state index contributed by atoms with van der Waals surface area (Å²) in [6.07, 6.45) is 11.5. The van der Waals surface area contributed by atoms with Gasteiger partial charge in [0.2, 0.25) is 0 Å². The predicted molar refractivity (Wildman–Crippen MR) is 160 cm³/mol. The predicted octanol–water partition coefficient (Wildman–Crippen LogP) is 6.92. The smallest absolute Gasteiger partial charge is 0.338 e. The second-order valence-corrected chi connectivity index (χ2v) is 11.9. The second-order valence-electron chi connectivity index (χ2n) is 11.4. The van der Waals surface area contributed by atoms with Crippen LogP contribution < -0.4 is 4.74 Å². The fourth-order valence-corrected chi connectivity index (χ4v) is 6.42. The van der Waals surface area contributed by atoms with Crippen LogP contribution in [0.2, 0.25) is 5.02 Å². The molecule has 3 aliphatic rings. The van der Waals surface area contributed by atoms with Crippen molar-refractivity contribution in [1.82, 2.24) is 9.88 Å². The van der Waals surface area contributed by atoms with Crippen molar-refractivity contribution in [2.24, 2.45) is 0 Å². The lowest BCUT2D eigenvalue weighted by Crippen LogP contribution is -2.42. The van der Waals surface area contributed by atoms with Gasteiger partial charge in [-0.25, -0.2) is 4.79 Å². The third-order valence-electron chi connectivity index (χ3n) is 8.73. The number of ether oxygens (including phenoxy) is 2. The summed E-state index contributed by atoms with van der Waals surface area (Å²) in [7, 11) is 0. The molecule has 1 aromatic heterocycles. The highest BCUT2D eigenvalue weighted by Gasteiger charge is 2.33. The van der Waals surface area contributed by atoms with Gasteiger partial charge in [-0.1, -0.05) is 42.3 Å². The lowest BCUT2D eigenvalue weighted by atomic mass is 9.84. The van der Waals surface area contributed by atoms with Crippen LogP contribution in [0.5, 0.6) is 5.75 Å². The molecule has 0 spiro atoms. The summed E-state index contributed by atoms with van der Waals surface area (Å²) >= 11 is 6.05. The van der Waals surface area contributed by atoms with E-state index >= 15 is 0 Å². The number of aliphatic hydroxyl groups is 1. The number of halogens is 1. The molecule has 1 saturated heterocycles. The van der Waals surface area contributed by atoms with Gasteiger partial charge in [0.1, 0.15) is 18.5 Å². The number of fused-ring (bicyclic) bond motifs is 2. The van der Waals surface area contributed by atoms with Crippen LogP contribution in [-0.2, 0) is 16.9 Å². The quantitative estimate of drug-likeness (QED) is 0.323. The molecule has 1 N–H and O–H groups in total. The zero-order valence-corrected chi connectivity index (χ0v) is 24.1. The molecule has 0 radical (unpaired) electrons. The lowest BCUT2D eigenvalue weighted by Gasteiger charge is -2.38. The van der Waals surface area contributed by atoms with Crippen molar-refractivity contribution < 1.29 is 19.4 Å². The number of esters is 1. The van der Waals surface area contributed by atoms with Crippen molar-refractivity contribution in [2.45, 2.75) is 69.7 Å².